The molecule has 7 nitrogen and oxygen atoms in total. The molecule has 0 fully saturated rings. The predicted molar refractivity (Wildman–Crippen MR) is 97.6 cm³/mol. The molecule has 0 aliphatic rings. The first-order valence-electron chi connectivity index (χ1n) is 8.15. The third-order valence-corrected chi connectivity index (χ3v) is 6.39. The van der Waals surface area contributed by atoms with Crippen LogP contribution >= 0.6 is 0 Å². The molecule has 2 aromatic heterocycles. The van der Waals surface area contributed by atoms with Gasteiger partial charge in [0.05, 0.1) is 35.0 Å². The quantitative estimate of drug-likeness (QED) is 0.846. The fraction of sp³-hybridized carbons (Fsp3) is 0.529. The van der Waals surface area contributed by atoms with Crippen molar-refractivity contribution in [1.82, 2.24) is 14.8 Å². The number of hydrogen-bond donors (Lipinski definition) is 1. The van der Waals surface area contributed by atoms with Gasteiger partial charge in [-0.1, -0.05) is 6.92 Å². The van der Waals surface area contributed by atoms with Crippen molar-refractivity contribution in [3.8, 4) is 5.88 Å². The van der Waals surface area contributed by atoms with Crippen LogP contribution in [0, 0.1) is 0 Å². The van der Waals surface area contributed by atoms with Gasteiger partial charge in [0.25, 0.3) is 0 Å². The van der Waals surface area contributed by atoms with Gasteiger partial charge in [-0.2, -0.15) is 5.10 Å². The lowest BCUT2D eigenvalue weighted by Crippen LogP contribution is -2.28. The summed E-state index contributed by atoms with van der Waals surface area (Å²) in [6.45, 7) is 7.55. The first-order valence-corrected chi connectivity index (χ1v) is 9.63. The molecule has 0 unspecified atom stereocenters. The lowest BCUT2D eigenvalue weighted by Gasteiger charge is -2.18. The molecule has 8 heteroatoms. The standard InChI is InChI=1S/C17H26N4O3S/c1-7-14-13(16(24-6)21(5)20-14)11-18-12-8-9-15(19-10-12)25(22,23)17(2,3)4/h8-10,18H,7,11H2,1-6H3. The lowest BCUT2D eigenvalue weighted by atomic mass is 10.2. The molecule has 0 aliphatic carbocycles. The molecule has 0 aromatic carbocycles. The van der Waals surface area contributed by atoms with Crippen LogP contribution in [0.5, 0.6) is 5.88 Å². The fourth-order valence-corrected chi connectivity index (χ4v) is 3.54. The Balaban J connectivity index is 2.19. The number of aryl methyl sites for hydroxylation is 2. The molecule has 0 saturated heterocycles. The van der Waals surface area contributed by atoms with Crippen molar-refractivity contribution in [2.75, 3.05) is 12.4 Å². The van der Waals surface area contributed by atoms with E-state index in [4.69, 9.17) is 4.74 Å². The minimum atomic E-state index is -3.45. The highest BCUT2D eigenvalue weighted by Crippen LogP contribution is 2.25. The lowest BCUT2D eigenvalue weighted by molar-refractivity contribution is 0.370. The van der Waals surface area contributed by atoms with Crippen LogP contribution in [0.1, 0.15) is 39.0 Å². The van der Waals surface area contributed by atoms with Gasteiger partial charge < -0.3 is 10.1 Å². The van der Waals surface area contributed by atoms with Gasteiger partial charge >= 0.3 is 0 Å². The second kappa shape index (κ2) is 7.03. The van der Waals surface area contributed by atoms with E-state index < -0.39 is 14.6 Å². The average molecular weight is 366 g/mol. The molecule has 2 rings (SSSR count). The maximum absolute atomic E-state index is 12.4. The molecule has 2 heterocycles. The van der Waals surface area contributed by atoms with Gasteiger partial charge in [-0.3, -0.25) is 0 Å². The number of sulfone groups is 1. The zero-order valence-corrected chi connectivity index (χ0v) is 16.4. The van der Waals surface area contributed by atoms with E-state index in [2.05, 4.69) is 15.4 Å². The number of ether oxygens (including phenoxy) is 1. The largest absolute Gasteiger partial charge is 0.481 e. The topological polar surface area (TPSA) is 86.1 Å². The third-order valence-electron chi connectivity index (χ3n) is 3.99. The minimum absolute atomic E-state index is 0.0822. The summed E-state index contributed by atoms with van der Waals surface area (Å²) >= 11 is 0. The van der Waals surface area contributed by atoms with Gasteiger partial charge in [-0.25, -0.2) is 18.1 Å². The van der Waals surface area contributed by atoms with Crippen LogP contribution in [0.25, 0.3) is 0 Å². The van der Waals surface area contributed by atoms with Crippen LogP contribution in [-0.4, -0.2) is 35.0 Å². The highest BCUT2D eigenvalue weighted by atomic mass is 32.2. The summed E-state index contributed by atoms with van der Waals surface area (Å²) in [5, 5.41) is 7.78. The van der Waals surface area contributed by atoms with Crippen LogP contribution in [-0.2, 0) is 29.9 Å². The minimum Gasteiger partial charge on any atom is -0.481 e. The van der Waals surface area contributed by atoms with E-state index in [-0.39, 0.29) is 5.03 Å². The van der Waals surface area contributed by atoms with E-state index in [0.29, 0.717) is 12.4 Å². The summed E-state index contributed by atoms with van der Waals surface area (Å²) in [5.74, 6) is 0.712. The van der Waals surface area contributed by atoms with Crippen molar-refractivity contribution in [3.05, 3.63) is 29.6 Å². The summed E-state index contributed by atoms with van der Waals surface area (Å²) in [7, 11) is 0.0106. The number of pyridine rings is 1. The van der Waals surface area contributed by atoms with Crippen molar-refractivity contribution in [2.45, 2.75) is 50.4 Å². The van der Waals surface area contributed by atoms with E-state index in [1.165, 1.54) is 12.3 Å². The maximum atomic E-state index is 12.4. The molecule has 0 atom stereocenters. The number of hydrogen-bond acceptors (Lipinski definition) is 6. The predicted octanol–water partition coefficient (Wildman–Crippen LogP) is 2.57. The zero-order chi connectivity index (χ0) is 18.8. The molecule has 0 amide bonds. The van der Waals surface area contributed by atoms with E-state index in [1.54, 1.807) is 38.6 Å². The Bertz CT molecular complexity index is 834. The summed E-state index contributed by atoms with van der Waals surface area (Å²) in [6.07, 6.45) is 2.34. The van der Waals surface area contributed by atoms with Crippen LogP contribution < -0.4 is 10.1 Å². The van der Waals surface area contributed by atoms with Gasteiger partial charge in [0.1, 0.15) is 0 Å². The van der Waals surface area contributed by atoms with Gasteiger partial charge in [0.2, 0.25) is 5.88 Å². The van der Waals surface area contributed by atoms with E-state index in [0.717, 1.165) is 23.4 Å². The number of nitrogens with zero attached hydrogens (tertiary/aromatic N) is 3. The van der Waals surface area contributed by atoms with Gasteiger partial charge in [0.15, 0.2) is 14.9 Å². The number of rotatable bonds is 6. The Kier molecular flexibility index (Phi) is 5.41. The van der Waals surface area contributed by atoms with Crippen LogP contribution in [0.3, 0.4) is 0 Å². The number of methoxy groups -OCH3 is 1. The van der Waals surface area contributed by atoms with Crippen molar-refractivity contribution >= 4 is 15.5 Å². The first-order chi connectivity index (χ1) is 11.6. The van der Waals surface area contributed by atoms with Crippen LogP contribution in [0.15, 0.2) is 23.4 Å². The summed E-state index contributed by atoms with van der Waals surface area (Å²) in [5.41, 5.74) is 2.69. The Morgan fingerprint density at radius 2 is 1.96 bits per heavy atom. The van der Waals surface area contributed by atoms with Crippen molar-refractivity contribution < 1.29 is 13.2 Å². The molecule has 25 heavy (non-hydrogen) atoms. The molecular weight excluding hydrogens is 340 g/mol. The van der Waals surface area contributed by atoms with Crippen LogP contribution in [0.2, 0.25) is 0 Å². The molecule has 0 aliphatic heterocycles. The number of nitrogens with one attached hydrogen (secondary N) is 1. The zero-order valence-electron chi connectivity index (χ0n) is 15.6. The van der Waals surface area contributed by atoms with E-state index >= 15 is 0 Å². The fourth-order valence-electron chi connectivity index (χ4n) is 2.47. The Hall–Kier alpha value is -2.09. The highest BCUT2D eigenvalue weighted by Gasteiger charge is 2.31. The second-order valence-electron chi connectivity index (χ2n) is 6.77. The summed E-state index contributed by atoms with van der Waals surface area (Å²) < 4.78 is 31.1. The molecule has 1 N–H and O–H groups in total. The van der Waals surface area contributed by atoms with Gasteiger partial charge in [-0.05, 0) is 39.3 Å². The SMILES string of the molecule is CCc1nn(C)c(OC)c1CNc1ccc(S(=O)(=O)C(C)(C)C)nc1. The Morgan fingerprint density at radius 3 is 2.44 bits per heavy atom. The third kappa shape index (κ3) is 3.78. The van der Waals surface area contributed by atoms with Gasteiger partial charge in [-0.15, -0.1) is 0 Å². The molecule has 0 spiro atoms. The van der Waals surface area contributed by atoms with Crippen LogP contribution in [0.4, 0.5) is 5.69 Å². The molecule has 0 radical (unpaired) electrons. The number of aromatic nitrogens is 3. The first kappa shape index (κ1) is 19.2. The van der Waals surface area contributed by atoms with E-state index in [9.17, 15) is 8.42 Å². The summed E-state index contributed by atoms with van der Waals surface area (Å²) in [6, 6.07) is 3.25. The van der Waals surface area contributed by atoms with E-state index in [1.807, 2.05) is 14.0 Å². The number of anilines is 1. The molecule has 2 aromatic rings. The molecule has 0 saturated carbocycles. The molecule has 138 valence electrons. The van der Waals surface area contributed by atoms with Crippen molar-refractivity contribution in [2.24, 2.45) is 7.05 Å². The van der Waals surface area contributed by atoms with Gasteiger partial charge in [0, 0.05) is 13.6 Å². The smallest absolute Gasteiger partial charge is 0.216 e. The highest BCUT2D eigenvalue weighted by molar-refractivity contribution is 7.92. The van der Waals surface area contributed by atoms with Crippen molar-refractivity contribution in [3.63, 3.8) is 0 Å². The Labute approximate surface area is 149 Å². The second-order valence-corrected chi connectivity index (χ2v) is 9.42. The van der Waals surface area contributed by atoms with Crippen molar-refractivity contribution in [1.29, 1.82) is 0 Å². The summed E-state index contributed by atoms with van der Waals surface area (Å²) in [4.78, 5) is 4.12. The average Bonchev–Trinajstić information content (AvgIpc) is 2.87. The maximum Gasteiger partial charge on any atom is 0.216 e. The molecular formula is C17H26N4O3S. The monoisotopic (exact) mass is 366 g/mol. The Morgan fingerprint density at radius 1 is 1.28 bits per heavy atom. The normalized spacial score (nSPS) is 12.2. The molecule has 0 bridgehead atoms.